The molecule has 0 saturated carbocycles. The summed E-state index contributed by atoms with van der Waals surface area (Å²) in [5.41, 5.74) is 4.50. The number of unbranched alkanes of at least 4 members (excludes halogenated alkanes) is 1. The van der Waals surface area contributed by atoms with Gasteiger partial charge < -0.3 is 15.6 Å². The number of ether oxygens (including phenoxy) is 1. The lowest BCUT2D eigenvalue weighted by molar-refractivity contribution is -0.137. The van der Waals surface area contributed by atoms with Crippen molar-refractivity contribution in [3.8, 4) is 16.9 Å². The van der Waals surface area contributed by atoms with E-state index in [-0.39, 0.29) is 52.6 Å². The molecule has 10 nitrogen and oxygen atoms in total. The van der Waals surface area contributed by atoms with Gasteiger partial charge in [0.15, 0.2) is 21.4 Å². The van der Waals surface area contributed by atoms with Crippen LogP contribution in [0.3, 0.4) is 0 Å². The Morgan fingerprint density at radius 3 is 2.33 bits per heavy atom. The van der Waals surface area contributed by atoms with Gasteiger partial charge in [0.1, 0.15) is 5.82 Å². The van der Waals surface area contributed by atoms with Crippen LogP contribution in [0.1, 0.15) is 42.1 Å². The smallest absolute Gasteiger partial charge is 0.331 e. The second-order valence-corrected chi connectivity index (χ2v) is 12.6. The van der Waals surface area contributed by atoms with Crippen LogP contribution in [0.5, 0.6) is 5.75 Å². The third kappa shape index (κ3) is 7.55. The summed E-state index contributed by atoms with van der Waals surface area (Å²) in [6.07, 6.45) is 1.50. The fraction of sp³-hybridized carbons (Fsp3) is 0.281. The molecule has 0 amide bonds. The highest BCUT2D eigenvalue weighted by molar-refractivity contribution is 7.90. The Balaban J connectivity index is 1.89. The number of sulfone groups is 1. The average molecular weight is 642 g/mol. The number of carboxylic acid groups (broad SMARTS) is 1. The number of benzene rings is 3. The average Bonchev–Trinajstić information content (AvgIpc) is 2.99. The quantitative estimate of drug-likeness (QED) is 0.208. The van der Waals surface area contributed by atoms with Crippen LogP contribution in [-0.4, -0.2) is 41.5 Å². The SMILES string of the molecule is Cc1c(-c2cccc(OCCCCC(=O)O)c2F)c(=O)n(C[C@H](N)c2ccccc2)c(=O)n1Cc1c(F)cccc1S(C)(=O)=O. The van der Waals surface area contributed by atoms with Crippen LogP contribution in [0.4, 0.5) is 8.78 Å². The van der Waals surface area contributed by atoms with Crippen molar-refractivity contribution in [3.63, 3.8) is 0 Å². The van der Waals surface area contributed by atoms with Gasteiger partial charge in [-0.2, -0.15) is 0 Å². The zero-order chi connectivity index (χ0) is 32.9. The van der Waals surface area contributed by atoms with Crippen molar-refractivity contribution in [2.24, 2.45) is 5.73 Å². The molecular formula is C32H33F2N3O7S. The van der Waals surface area contributed by atoms with E-state index in [1.807, 2.05) is 0 Å². The molecule has 3 N–H and O–H groups in total. The van der Waals surface area contributed by atoms with E-state index in [4.69, 9.17) is 15.6 Å². The minimum atomic E-state index is -3.92. The molecule has 4 rings (SSSR count). The minimum absolute atomic E-state index is 0.0177. The molecule has 0 fully saturated rings. The molecule has 0 aliphatic rings. The second kappa shape index (κ2) is 14.0. The van der Waals surface area contributed by atoms with E-state index >= 15 is 8.78 Å². The van der Waals surface area contributed by atoms with Crippen molar-refractivity contribution in [1.82, 2.24) is 9.13 Å². The number of hydrogen-bond donors (Lipinski definition) is 2. The highest BCUT2D eigenvalue weighted by atomic mass is 32.2. The third-order valence-electron chi connectivity index (χ3n) is 7.36. The minimum Gasteiger partial charge on any atom is -0.490 e. The maximum Gasteiger partial charge on any atom is 0.331 e. The van der Waals surface area contributed by atoms with Crippen molar-refractivity contribution in [3.05, 3.63) is 116 Å². The lowest BCUT2D eigenvalue weighted by Gasteiger charge is -2.21. The number of halogens is 2. The first-order chi connectivity index (χ1) is 21.3. The van der Waals surface area contributed by atoms with E-state index in [9.17, 15) is 22.8 Å². The van der Waals surface area contributed by atoms with E-state index in [2.05, 4.69) is 0 Å². The molecule has 0 saturated heterocycles. The Morgan fingerprint density at radius 1 is 0.978 bits per heavy atom. The summed E-state index contributed by atoms with van der Waals surface area (Å²) in [6, 6.07) is 15.5. The number of carboxylic acids is 1. The number of hydrogen-bond acceptors (Lipinski definition) is 7. The van der Waals surface area contributed by atoms with Crippen LogP contribution in [0.15, 0.2) is 81.2 Å². The molecule has 238 valence electrons. The third-order valence-corrected chi connectivity index (χ3v) is 8.54. The van der Waals surface area contributed by atoms with E-state index in [0.29, 0.717) is 18.4 Å². The molecule has 1 heterocycles. The number of nitrogens with two attached hydrogens (primary N) is 1. The van der Waals surface area contributed by atoms with Gasteiger partial charge in [-0.1, -0.05) is 48.5 Å². The zero-order valence-electron chi connectivity index (χ0n) is 24.7. The zero-order valence-corrected chi connectivity index (χ0v) is 25.5. The van der Waals surface area contributed by atoms with E-state index in [1.165, 1.54) is 37.3 Å². The van der Waals surface area contributed by atoms with Gasteiger partial charge in [0.25, 0.3) is 5.56 Å². The first-order valence-electron chi connectivity index (χ1n) is 14.1. The van der Waals surface area contributed by atoms with Crippen LogP contribution < -0.4 is 21.7 Å². The predicted molar refractivity (Wildman–Crippen MR) is 164 cm³/mol. The Hall–Kier alpha value is -4.62. The van der Waals surface area contributed by atoms with Crippen molar-refractivity contribution in [1.29, 1.82) is 0 Å². The first kappa shape index (κ1) is 33.3. The standard InChI is InChI=1S/C32H33F2N3O7S/c1-20-29(22-12-8-14-26(30(22)34)44-17-7-6-16-28(38)39)31(40)37(19-25(35)21-10-4-3-5-11-21)32(41)36(20)18-23-24(33)13-9-15-27(23)45(2,42)43/h3-5,8-15,25H,6-7,16-19,35H2,1-2H3,(H,38,39)/t25-/m0/s1. The fourth-order valence-corrected chi connectivity index (χ4v) is 5.97. The van der Waals surface area contributed by atoms with Gasteiger partial charge >= 0.3 is 11.7 Å². The van der Waals surface area contributed by atoms with Gasteiger partial charge in [-0.15, -0.1) is 0 Å². The molecule has 1 aromatic heterocycles. The van der Waals surface area contributed by atoms with Gasteiger partial charge in [-0.3, -0.25) is 18.7 Å². The van der Waals surface area contributed by atoms with Gasteiger partial charge in [0.2, 0.25) is 0 Å². The molecule has 13 heteroatoms. The Morgan fingerprint density at radius 2 is 1.67 bits per heavy atom. The summed E-state index contributed by atoms with van der Waals surface area (Å²) in [7, 11) is -3.92. The molecule has 0 spiro atoms. The molecule has 4 aromatic rings. The second-order valence-electron chi connectivity index (χ2n) is 10.6. The van der Waals surface area contributed by atoms with Gasteiger partial charge in [0, 0.05) is 35.5 Å². The number of aliphatic carboxylic acids is 1. The van der Waals surface area contributed by atoms with Crippen molar-refractivity contribution >= 4 is 15.8 Å². The highest BCUT2D eigenvalue weighted by Crippen LogP contribution is 2.30. The van der Waals surface area contributed by atoms with Gasteiger partial charge in [-0.05, 0) is 43.5 Å². The normalized spacial score (nSPS) is 12.2. The lowest BCUT2D eigenvalue weighted by atomic mass is 10.0. The fourth-order valence-electron chi connectivity index (χ4n) is 5.03. The summed E-state index contributed by atoms with van der Waals surface area (Å²) in [5.74, 6) is -2.94. The van der Waals surface area contributed by atoms with Crippen molar-refractivity contribution < 1.29 is 31.8 Å². The number of nitrogens with zero attached hydrogens (tertiary/aromatic N) is 2. The Bertz CT molecular complexity index is 1940. The molecule has 0 unspecified atom stereocenters. The first-order valence-corrected chi connectivity index (χ1v) is 16.0. The molecular weight excluding hydrogens is 608 g/mol. The van der Waals surface area contributed by atoms with Crippen molar-refractivity contribution in [2.75, 3.05) is 12.9 Å². The Labute approximate surface area is 258 Å². The number of aromatic nitrogens is 2. The monoisotopic (exact) mass is 641 g/mol. The summed E-state index contributed by atoms with van der Waals surface area (Å²) < 4.78 is 63.5. The Kier molecular flexibility index (Phi) is 10.3. The number of carbonyl (C=O) groups is 1. The number of rotatable bonds is 13. The van der Waals surface area contributed by atoms with Crippen LogP contribution in [0.2, 0.25) is 0 Å². The maximum absolute atomic E-state index is 15.9. The summed E-state index contributed by atoms with van der Waals surface area (Å²) in [6.45, 7) is 0.519. The van der Waals surface area contributed by atoms with E-state index in [1.54, 1.807) is 30.3 Å². The molecule has 0 bridgehead atoms. The molecule has 0 aliphatic carbocycles. The topological polar surface area (TPSA) is 151 Å². The summed E-state index contributed by atoms with van der Waals surface area (Å²) in [5, 5.41) is 8.82. The molecule has 0 radical (unpaired) electrons. The highest BCUT2D eigenvalue weighted by Gasteiger charge is 2.25. The van der Waals surface area contributed by atoms with E-state index in [0.717, 1.165) is 21.5 Å². The molecule has 3 aromatic carbocycles. The summed E-state index contributed by atoms with van der Waals surface area (Å²) in [4.78, 5) is 38.3. The molecule has 0 aliphatic heterocycles. The van der Waals surface area contributed by atoms with Crippen LogP contribution >= 0.6 is 0 Å². The largest absolute Gasteiger partial charge is 0.490 e. The van der Waals surface area contributed by atoms with Gasteiger partial charge in [0.05, 0.1) is 30.2 Å². The lowest BCUT2D eigenvalue weighted by Crippen LogP contribution is -2.44. The van der Waals surface area contributed by atoms with Crippen LogP contribution in [-0.2, 0) is 27.7 Å². The predicted octanol–water partition coefficient (Wildman–Crippen LogP) is 4.05. The maximum atomic E-state index is 15.9. The molecule has 1 atom stereocenters. The summed E-state index contributed by atoms with van der Waals surface area (Å²) >= 11 is 0. The van der Waals surface area contributed by atoms with Crippen LogP contribution in [0, 0.1) is 18.6 Å². The van der Waals surface area contributed by atoms with E-state index < -0.39 is 51.3 Å². The van der Waals surface area contributed by atoms with Gasteiger partial charge in [-0.25, -0.2) is 22.0 Å². The van der Waals surface area contributed by atoms with Crippen LogP contribution in [0.25, 0.3) is 11.1 Å². The van der Waals surface area contributed by atoms with Crippen molar-refractivity contribution in [2.45, 2.75) is 50.2 Å². The molecule has 45 heavy (non-hydrogen) atoms.